The summed E-state index contributed by atoms with van der Waals surface area (Å²) in [6.07, 6.45) is 0.712. The second-order valence-electron chi connectivity index (χ2n) is 5.46. The van der Waals surface area contributed by atoms with Crippen molar-refractivity contribution in [2.24, 2.45) is 4.99 Å². The highest BCUT2D eigenvalue weighted by molar-refractivity contribution is 8.38. The molecule has 0 N–H and O–H groups in total. The second kappa shape index (κ2) is 7.85. The molecule has 0 spiro atoms. The summed E-state index contributed by atoms with van der Waals surface area (Å²) in [4.78, 5) is 5.27. The van der Waals surface area contributed by atoms with Gasteiger partial charge in [-0.05, 0) is 17.7 Å². The third-order valence-electron chi connectivity index (χ3n) is 3.78. The summed E-state index contributed by atoms with van der Waals surface area (Å²) < 4.78 is 13.6. The number of nitrogens with zero attached hydrogens (tertiary/aromatic N) is 5. The van der Waals surface area contributed by atoms with Crippen LogP contribution in [0.1, 0.15) is 16.4 Å². The maximum atomic E-state index is 5.37. The minimum Gasteiger partial charge on any atom is -0.493 e. The van der Waals surface area contributed by atoms with Crippen LogP contribution in [0.15, 0.2) is 23.2 Å². The van der Waals surface area contributed by atoms with E-state index in [0.29, 0.717) is 6.42 Å². The van der Waals surface area contributed by atoms with Crippen molar-refractivity contribution in [2.75, 3.05) is 26.5 Å². The fourth-order valence-electron chi connectivity index (χ4n) is 2.55. The first-order valence-corrected chi connectivity index (χ1v) is 10.8. The minimum atomic E-state index is 0.712. The molecule has 0 unspecified atom stereocenters. The summed E-state index contributed by atoms with van der Waals surface area (Å²) in [7, 11) is 3.28. The van der Waals surface area contributed by atoms with Gasteiger partial charge < -0.3 is 9.47 Å². The number of thioether (sulfide) groups is 2. The molecule has 2 aromatic heterocycles. The molecule has 1 aliphatic heterocycles. The van der Waals surface area contributed by atoms with Crippen molar-refractivity contribution in [3.63, 3.8) is 0 Å². The maximum Gasteiger partial charge on any atom is 0.234 e. The maximum absolute atomic E-state index is 5.37. The van der Waals surface area contributed by atoms with E-state index in [1.54, 1.807) is 49.1 Å². The first-order valence-electron chi connectivity index (χ1n) is 7.98. The Labute approximate surface area is 163 Å². The highest BCUT2D eigenvalue weighted by atomic mass is 32.2. The molecule has 4 rings (SSSR count). The number of fused-ring (bicyclic) bond motifs is 1. The van der Waals surface area contributed by atoms with E-state index in [-0.39, 0.29) is 0 Å². The predicted octanol–water partition coefficient (Wildman–Crippen LogP) is 3.13. The summed E-state index contributed by atoms with van der Waals surface area (Å²) in [5.74, 6) is 4.10. The zero-order valence-corrected chi connectivity index (χ0v) is 16.8. The standard InChI is InChI=1S/C16H17N5O2S3/c1-22-11-4-3-10(7-12(11)23-2)8-14-20-21-13(18-19-15(21)26-14)9-25-16-17-5-6-24-16/h3-4,7H,5-6,8-9H2,1-2H3. The first kappa shape index (κ1) is 17.6. The Morgan fingerprint density at radius 1 is 1.19 bits per heavy atom. The van der Waals surface area contributed by atoms with Crippen LogP contribution in [0.5, 0.6) is 11.5 Å². The number of benzene rings is 1. The third kappa shape index (κ3) is 3.67. The van der Waals surface area contributed by atoms with Crippen LogP contribution in [-0.2, 0) is 12.2 Å². The number of hydrogen-bond acceptors (Lipinski definition) is 9. The normalized spacial score (nSPS) is 14.0. The van der Waals surface area contributed by atoms with Gasteiger partial charge in [0.1, 0.15) is 9.38 Å². The van der Waals surface area contributed by atoms with Crippen LogP contribution in [0, 0.1) is 0 Å². The van der Waals surface area contributed by atoms with Crippen molar-refractivity contribution >= 4 is 44.2 Å². The Morgan fingerprint density at radius 3 is 2.85 bits per heavy atom. The molecule has 0 fully saturated rings. The van der Waals surface area contributed by atoms with E-state index in [4.69, 9.17) is 9.47 Å². The average molecular weight is 408 g/mol. The molecule has 136 valence electrons. The monoisotopic (exact) mass is 407 g/mol. The van der Waals surface area contributed by atoms with Gasteiger partial charge in [0.25, 0.3) is 0 Å². The number of hydrogen-bond donors (Lipinski definition) is 0. The lowest BCUT2D eigenvalue weighted by atomic mass is 10.1. The Hall–Kier alpha value is -1.78. The first-order chi connectivity index (χ1) is 12.8. The molecule has 0 amide bonds. The van der Waals surface area contributed by atoms with Gasteiger partial charge >= 0.3 is 0 Å². The number of aliphatic imine (C=N–C) groups is 1. The molecule has 3 aromatic rings. The van der Waals surface area contributed by atoms with Gasteiger partial charge in [-0.2, -0.15) is 9.61 Å². The van der Waals surface area contributed by atoms with E-state index in [0.717, 1.165) is 55.3 Å². The van der Waals surface area contributed by atoms with Gasteiger partial charge in [0.2, 0.25) is 4.96 Å². The van der Waals surface area contributed by atoms with Crippen molar-refractivity contribution in [1.82, 2.24) is 19.8 Å². The Bertz CT molecular complexity index is 953. The lowest BCUT2D eigenvalue weighted by molar-refractivity contribution is 0.354. The lowest BCUT2D eigenvalue weighted by Gasteiger charge is -2.08. The molecule has 26 heavy (non-hydrogen) atoms. The molecular weight excluding hydrogens is 390 g/mol. The summed E-state index contributed by atoms with van der Waals surface area (Å²) in [5.41, 5.74) is 1.11. The molecule has 0 bridgehead atoms. The van der Waals surface area contributed by atoms with Crippen molar-refractivity contribution in [3.05, 3.63) is 34.6 Å². The van der Waals surface area contributed by atoms with Gasteiger partial charge in [0.15, 0.2) is 17.3 Å². The van der Waals surface area contributed by atoms with Crippen LogP contribution >= 0.6 is 34.9 Å². The van der Waals surface area contributed by atoms with Gasteiger partial charge in [-0.3, -0.25) is 4.99 Å². The highest BCUT2D eigenvalue weighted by Crippen LogP contribution is 2.29. The largest absolute Gasteiger partial charge is 0.493 e. The topological polar surface area (TPSA) is 73.9 Å². The Balaban J connectivity index is 1.50. The molecule has 1 aliphatic rings. The van der Waals surface area contributed by atoms with E-state index in [9.17, 15) is 0 Å². The van der Waals surface area contributed by atoms with Crippen LogP contribution in [0.2, 0.25) is 0 Å². The summed E-state index contributed by atoms with van der Waals surface area (Å²) >= 11 is 5.06. The zero-order valence-electron chi connectivity index (χ0n) is 14.3. The van der Waals surface area contributed by atoms with Crippen molar-refractivity contribution in [2.45, 2.75) is 12.2 Å². The van der Waals surface area contributed by atoms with E-state index in [1.807, 2.05) is 22.7 Å². The van der Waals surface area contributed by atoms with Crippen molar-refractivity contribution in [3.8, 4) is 11.5 Å². The zero-order chi connectivity index (χ0) is 17.9. The molecule has 3 heterocycles. The molecule has 0 radical (unpaired) electrons. The lowest BCUT2D eigenvalue weighted by Crippen LogP contribution is -1.97. The van der Waals surface area contributed by atoms with Gasteiger partial charge in [-0.25, -0.2) is 0 Å². The fourth-order valence-corrected chi connectivity index (χ4v) is 5.35. The predicted molar refractivity (Wildman–Crippen MR) is 107 cm³/mol. The number of methoxy groups -OCH3 is 2. The van der Waals surface area contributed by atoms with Gasteiger partial charge in [-0.15, -0.1) is 10.2 Å². The summed E-state index contributed by atoms with van der Waals surface area (Å²) in [6, 6.07) is 5.92. The summed E-state index contributed by atoms with van der Waals surface area (Å²) in [6.45, 7) is 0.911. The number of ether oxygens (including phenoxy) is 2. The van der Waals surface area contributed by atoms with Gasteiger partial charge in [-0.1, -0.05) is 40.9 Å². The van der Waals surface area contributed by atoms with Crippen LogP contribution in [-0.4, -0.2) is 50.7 Å². The molecule has 0 atom stereocenters. The highest BCUT2D eigenvalue weighted by Gasteiger charge is 2.15. The smallest absolute Gasteiger partial charge is 0.234 e. The van der Waals surface area contributed by atoms with E-state index in [2.05, 4.69) is 20.3 Å². The van der Waals surface area contributed by atoms with Crippen LogP contribution in [0.25, 0.3) is 4.96 Å². The van der Waals surface area contributed by atoms with Crippen molar-refractivity contribution < 1.29 is 9.47 Å². The Morgan fingerprint density at radius 2 is 2.08 bits per heavy atom. The molecule has 7 nitrogen and oxygen atoms in total. The third-order valence-corrected chi connectivity index (χ3v) is 6.93. The van der Waals surface area contributed by atoms with Crippen LogP contribution < -0.4 is 9.47 Å². The molecule has 0 saturated carbocycles. The van der Waals surface area contributed by atoms with E-state index in [1.165, 1.54) is 0 Å². The van der Waals surface area contributed by atoms with Gasteiger partial charge in [0.05, 0.1) is 26.5 Å². The molecule has 1 aromatic carbocycles. The van der Waals surface area contributed by atoms with Crippen LogP contribution in [0.3, 0.4) is 0 Å². The average Bonchev–Trinajstić information content (AvgIpc) is 3.37. The Kier molecular flexibility index (Phi) is 5.32. The van der Waals surface area contributed by atoms with Gasteiger partial charge in [0, 0.05) is 12.2 Å². The second-order valence-corrected chi connectivity index (χ2v) is 8.80. The van der Waals surface area contributed by atoms with Crippen LogP contribution in [0.4, 0.5) is 0 Å². The van der Waals surface area contributed by atoms with E-state index < -0.39 is 0 Å². The number of aromatic nitrogens is 4. The molecule has 0 aliphatic carbocycles. The van der Waals surface area contributed by atoms with E-state index >= 15 is 0 Å². The SMILES string of the molecule is COc1ccc(Cc2nn3c(CSC4=NCCS4)nnc3s2)cc1OC. The molecular formula is C16H17N5O2S3. The van der Waals surface area contributed by atoms with Crippen molar-refractivity contribution in [1.29, 1.82) is 0 Å². The molecule has 0 saturated heterocycles. The molecule has 10 heteroatoms. The summed E-state index contributed by atoms with van der Waals surface area (Å²) in [5, 5.41) is 14.2. The fraction of sp³-hybridized carbons (Fsp3) is 0.375. The quantitative estimate of drug-likeness (QED) is 0.621. The minimum absolute atomic E-state index is 0.712. The number of rotatable bonds is 6.